The van der Waals surface area contributed by atoms with Crippen LogP contribution in [-0.4, -0.2) is 36.4 Å². The van der Waals surface area contributed by atoms with Gasteiger partial charge < -0.3 is 19.7 Å². The Morgan fingerprint density at radius 2 is 2.08 bits per heavy atom. The summed E-state index contributed by atoms with van der Waals surface area (Å²) in [5.74, 6) is 0.807. The molecule has 0 amide bonds. The zero-order chi connectivity index (χ0) is 17.5. The topological polar surface area (TPSA) is 33.7 Å². The van der Waals surface area contributed by atoms with Crippen LogP contribution in [0.1, 0.15) is 18.4 Å². The zero-order valence-electron chi connectivity index (χ0n) is 14.5. The van der Waals surface area contributed by atoms with Gasteiger partial charge in [0, 0.05) is 31.5 Å². The molecule has 1 fully saturated rings. The number of nitrogens with zero attached hydrogens (tertiary/aromatic N) is 1. The molecule has 0 aliphatic carbocycles. The molecular weight excluding hydrogens is 332 g/mol. The fraction of sp³-hybridized carbons (Fsp3) is 0.350. The molecule has 0 bridgehead atoms. The standard InChI is InChI=1S/C20H24N2O2S/c1-23-18-10-5-9-17(13-18)21-20(25)22(15-19-11-6-12-24-19)14-16-7-3-2-4-8-16/h2-5,7-10,13,19H,6,11-12,14-15H2,1H3,(H,21,25). The molecule has 0 aromatic heterocycles. The second-order valence-electron chi connectivity index (χ2n) is 6.16. The van der Waals surface area contributed by atoms with Gasteiger partial charge in [-0.1, -0.05) is 36.4 Å². The normalized spacial score (nSPS) is 16.4. The zero-order valence-corrected chi connectivity index (χ0v) is 15.3. The molecule has 1 unspecified atom stereocenters. The first kappa shape index (κ1) is 17.7. The first-order chi connectivity index (χ1) is 12.2. The highest BCUT2D eigenvalue weighted by Crippen LogP contribution is 2.19. The second-order valence-corrected chi connectivity index (χ2v) is 6.55. The fourth-order valence-electron chi connectivity index (χ4n) is 2.96. The van der Waals surface area contributed by atoms with E-state index in [-0.39, 0.29) is 6.10 Å². The van der Waals surface area contributed by atoms with Crippen LogP contribution in [0.2, 0.25) is 0 Å². The molecule has 2 aromatic carbocycles. The van der Waals surface area contributed by atoms with Crippen molar-refractivity contribution in [3.05, 3.63) is 60.2 Å². The van der Waals surface area contributed by atoms with E-state index >= 15 is 0 Å². The van der Waals surface area contributed by atoms with Crippen LogP contribution in [0, 0.1) is 0 Å². The second kappa shape index (κ2) is 8.83. The lowest BCUT2D eigenvalue weighted by Gasteiger charge is -2.28. The van der Waals surface area contributed by atoms with Crippen molar-refractivity contribution in [3.63, 3.8) is 0 Å². The van der Waals surface area contributed by atoms with Crippen LogP contribution >= 0.6 is 12.2 Å². The summed E-state index contributed by atoms with van der Waals surface area (Å²) in [5.41, 5.74) is 2.16. The molecule has 25 heavy (non-hydrogen) atoms. The Labute approximate surface area is 154 Å². The number of methoxy groups -OCH3 is 1. The van der Waals surface area contributed by atoms with E-state index in [2.05, 4.69) is 34.5 Å². The predicted molar refractivity (Wildman–Crippen MR) is 105 cm³/mol. The van der Waals surface area contributed by atoms with Gasteiger partial charge in [-0.05, 0) is 42.8 Å². The summed E-state index contributed by atoms with van der Waals surface area (Å²) in [6.07, 6.45) is 2.46. The molecule has 1 saturated heterocycles. The first-order valence-corrected chi connectivity index (χ1v) is 9.01. The van der Waals surface area contributed by atoms with Crippen LogP contribution in [0.4, 0.5) is 5.69 Å². The summed E-state index contributed by atoms with van der Waals surface area (Å²) >= 11 is 5.69. The maximum absolute atomic E-state index is 5.81. The molecule has 132 valence electrons. The molecule has 1 aliphatic rings. The molecule has 5 heteroatoms. The van der Waals surface area contributed by atoms with Crippen LogP contribution in [-0.2, 0) is 11.3 Å². The summed E-state index contributed by atoms with van der Waals surface area (Å²) in [6.45, 7) is 2.40. The van der Waals surface area contributed by atoms with Crippen LogP contribution in [0.3, 0.4) is 0 Å². The summed E-state index contributed by atoms with van der Waals surface area (Å²) in [5, 5.41) is 4.03. The molecule has 0 saturated carbocycles. The predicted octanol–water partition coefficient (Wildman–Crippen LogP) is 4.07. The van der Waals surface area contributed by atoms with Gasteiger partial charge in [-0.25, -0.2) is 0 Å². The van der Waals surface area contributed by atoms with Crippen molar-refractivity contribution in [2.75, 3.05) is 25.6 Å². The van der Waals surface area contributed by atoms with E-state index in [9.17, 15) is 0 Å². The molecule has 0 spiro atoms. The van der Waals surface area contributed by atoms with Crippen molar-refractivity contribution in [1.82, 2.24) is 4.90 Å². The summed E-state index contributed by atoms with van der Waals surface area (Å²) in [7, 11) is 1.66. The Morgan fingerprint density at radius 3 is 2.80 bits per heavy atom. The van der Waals surface area contributed by atoms with Gasteiger partial charge in [0.15, 0.2) is 5.11 Å². The molecule has 2 aromatic rings. The Morgan fingerprint density at radius 1 is 1.24 bits per heavy atom. The molecule has 1 aliphatic heterocycles. The van der Waals surface area contributed by atoms with E-state index in [1.807, 2.05) is 30.3 Å². The maximum Gasteiger partial charge on any atom is 0.173 e. The van der Waals surface area contributed by atoms with Gasteiger partial charge in [-0.3, -0.25) is 0 Å². The van der Waals surface area contributed by atoms with Crippen molar-refractivity contribution in [3.8, 4) is 5.75 Å². The molecule has 1 heterocycles. The van der Waals surface area contributed by atoms with Gasteiger partial charge in [0.05, 0.1) is 13.2 Å². The number of rotatable bonds is 6. The van der Waals surface area contributed by atoms with E-state index in [4.69, 9.17) is 21.7 Å². The third-order valence-corrected chi connectivity index (χ3v) is 4.63. The number of benzene rings is 2. The van der Waals surface area contributed by atoms with E-state index < -0.39 is 0 Å². The number of thiocarbonyl (C=S) groups is 1. The average Bonchev–Trinajstić information content (AvgIpc) is 3.15. The van der Waals surface area contributed by atoms with Crippen LogP contribution < -0.4 is 10.1 Å². The molecule has 1 N–H and O–H groups in total. The van der Waals surface area contributed by atoms with Gasteiger partial charge in [0.1, 0.15) is 5.75 Å². The van der Waals surface area contributed by atoms with Gasteiger partial charge in [-0.2, -0.15) is 0 Å². The first-order valence-electron chi connectivity index (χ1n) is 8.60. The van der Waals surface area contributed by atoms with Crippen LogP contribution in [0.25, 0.3) is 0 Å². The van der Waals surface area contributed by atoms with Crippen molar-refractivity contribution < 1.29 is 9.47 Å². The highest BCUT2D eigenvalue weighted by atomic mass is 32.1. The third kappa shape index (κ3) is 5.18. The number of nitrogens with one attached hydrogen (secondary N) is 1. The number of hydrogen-bond acceptors (Lipinski definition) is 3. The lowest BCUT2D eigenvalue weighted by atomic mass is 10.2. The van der Waals surface area contributed by atoms with Gasteiger partial charge in [0.2, 0.25) is 0 Å². The van der Waals surface area contributed by atoms with Crippen molar-refractivity contribution >= 4 is 23.0 Å². The highest BCUT2D eigenvalue weighted by molar-refractivity contribution is 7.80. The van der Waals surface area contributed by atoms with E-state index in [0.717, 1.165) is 44.0 Å². The lowest BCUT2D eigenvalue weighted by Crippen LogP contribution is -2.39. The van der Waals surface area contributed by atoms with Crippen LogP contribution in [0.5, 0.6) is 5.75 Å². The SMILES string of the molecule is COc1cccc(NC(=S)N(Cc2ccccc2)CC2CCCO2)c1. The quantitative estimate of drug-likeness (QED) is 0.789. The summed E-state index contributed by atoms with van der Waals surface area (Å²) in [6, 6.07) is 18.2. The third-order valence-electron chi connectivity index (χ3n) is 4.27. The fourth-order valence-corrected chi connectivity index (χ4v) is 3.22. The van der Waals surface area contributed by atoms with Crippen molar-refractivity contribution in [1.29, 1.82) is 0 Å². The lowest BCUT2D eigenvalue weighted by molar-refractivity contribution is 0.0905. The maximum atomic E-state index is 5.81. The summed E-state index contributed by atoms with van der Waals surface area (Å²) < 4.78 is 11.1. The minimum absolute atomic E-state index is 0.244. The van der Waals surface area contributed by atoms with E-state index in [1.165, 1.54) is 5.56 Å². The monoisotopic (exact) mass is 356 g/mol. The molecular formula is C20H24N2O2S. The Bertz CT molecular complexity index is 687. The van der Waals surface area contributed by atoms with Gasteiger partial charge >= 0.3 is 0 Å². The Hall–Kier alpha value is -2.11. The minimum atomic E-state index is 0.244. The molecule has 0 radical (unpaired) electrons. The summed E-state index contributed by atoms with van der Waals surface area (Å²) in [4.78, 5) is 2.18. The van der Waals surface area contributed by atoms with Gasteiger partial charge in [0.25, 0.3) is 0 Å². The number of hydrogen-bond donors (Lipinski definition) is 1. The Balaban J connectivity index is 1.70. The molecule has 1 atom stereocenters. The van der Waals surface area contributed by atoms with Crippen molar-refractivity contribution in [2.45, 2.75) is 25.5 Å². The van der Waals surface area contributed by atoms with Crippen molar-refractivity contribution in [2.24, 2.45) is 0 Å². The van der Waals surface area contributed by atoms with Gasteiger partial charge in [-0.15, -0.1) is 0 Å². The Kier molecular flexibility index (Phi) is 6.25. The number of ether oxygens (including phenoxy) is 2. The van der Waals surface area contributed by atoms with E-state index in [1.54, 1.807) is 7.11 Å². The molecule has 4 nitrogen and oxygen atoms in total. The van der Waals surface area contributed by atoms with Crippen LogP contribution in [0.15, 0.2) is 54.6 Å². The smallest absolute Gasteiger partial charge is 0.173 e. The highest BCUT2D eigenvalue weighted by Gasteiger charge is 2.21. The number of anilines is 1. The minimum Gasteiger partial charge on any atom is -0.497 e. The largest absolute Gasteiger partial charge is 0.497 e. The van der Waals surface area contributed by atoms with E-state index in [0.29, 0.717) is 5.11 Å². The molecule has 3 rings (SSSR count). The average molecular weight is 356 g/mol.